The zero-order chi connectivity index (χ0) is 16.1. The smallest absolute Gasteiger partial charge is 0.130 e. The van der Waals surface area contributed by atoms with Crippen molar-refractivity contribution >= 4 is 13.2 Å². The molecule has 2 fully saturated rings. The molecule has 2 aliphatic rings. The second-order valence-electron chi connectivity index (χ2n) is 7.00. The second kappa shape index (κ2) is 8.38. The summed E-state index contributed by atoms with van der Waals surface area (Å²) >= 11 is 0. The average Bonchev–Trinajstić information content (AvgIpc) is 2.64. The van der Waals surface area contributed by atoms with Gasteiger partial charge >= 0.3 is 0 Å². The lowest BCUT2D eigenvalue weighted by atomic mass is 9.99. The highest BCUT2D eigenvalue weighted by atomic mass is 31.1. The van der Waals surface area contributed by atoms with Gasteiger partial charge in [0, 0.05) is 0 Å². The van der Waals surface area contributed by atoms with E-state index in [4.69, 9.17) is 9.47 Å². The van der Waals surface area contributed by atoms with E-state index in [1.54, 1.807) is 0 Å². The Morgan fingerprint density at radius 3 is 1.57 bits per heavy atom. The summed E-state index contributed by atoms with van der Waals surface area (Å²) in [6.07, 6.45) is 14.1. The molecule has 0 bridgehead atoms. The fraction of sp³-hybridized carbons (Fsp3) is 0.700. The van der Waals surface area contributed by atoms with Gasteiger partial charge in [-0.2, -0.15) is 0 Å². The summed E-state index contributed by atoms with van der Waals surface area (Å²) in [7, 11) is 3.43. The largest absolute Gasteiger partial charge is 0.496 e. The second-order valence-corrected chi connectivity index (χ2v) is 9.72. The first-order chi connectivity index (χ1) is 11.3. The van der Waals surface area contributed by atoms with Crippen molar-refractivity contribution < 1.29 is 9.47 Å². The minimum absolute atomic E-state index is 0.195. The van der Waals surface area contributed by atoms with Crippen LogP contribution in [0.2, 0.25) is 0 Å². The molecule has 0 atom stereocenters. The van der Waals surface area contributed by atoms with Crippen molar-refractivity contribution in [1.82, 2.24) is 0 Å². The van der Waals surface area contributed by atoms with E-state index in [2.05, 4.69) is 18.2 Å². The lowest BCUT2D eigenvalue weighted by Gasteiger charge is -2.39. The van der Waals surface area contributed by atoms with Gasteiger partial charge in [0.1, 0.15) is 11.5 Å². The molecular weight excluding hydrogens is 303 g/mol. The highest BCUT2D eigenvalue weighted by Gasteiger charge is 2.35. The number of methoxy groups -OCH3 is 2. The zero-order valence-electron chi connectivity index (χ0n) is 14.7. The van der Waals surface area contributed by atoms with Crippen LogP contribution in [0.25, 0.3) is 0 Å². The van der Waals surface area contributed by atoms with E-state index < -0.39 is 0 Å². The Morgan fingerprint density at radius 2 is 1.17 bits per heavy atom. The van der Waals surface area contributed by atoms with Gasteiger partial charge in [0.2, 0.25) is 0 Å². The number of ether oxygens (including phenoxy) is 2. The van der Waals surface area contributed by atoms with Crippen LogP contribution in [0.5, 0.6) is 11.5 Å². The van der Waals surface area contributed by atoms with Crippen molar-refractivity contribution in [3.05, 3.63) is 18.2 Å². The van der Waals surface area contributed by atoms with Crippen molar-refractivity contribution in [3.8, 4) is 11.5 Å². The predicted molar refractivity (Wildman–Crippen MR) is 99.8 cm³/mol. The van der Waals surface area contributed by atoms with Crippen molar-refractivity contribution in [2.24, 2.45) is 0 Å². The first-order valence-corrected chi connectivity index (χ1v) is 10.8. The van der Waals surface area contributed by atoms with Gasteiger partial charge < -0.3 is 9.47 Å². The maximum atomic E-state index is 5.79. The Labute approximate surface area is 142 Å². The van der Waals surface area contributed by atoms with E-state index in [1.807, 2.05) is 14.2 Å². The summed E-state index contributed by atoms with van der Waals surface area (Å²) in [4.78, 5) is 0. The lowest BCUT2D eigenvalue weighted by Crippen LogP contribution is -2.27. The Hall–Kier alpha value is -0.750. The standard InChI is InChI=1S/C20H31O2P/c1-21-18-14-9-15-19(22-2)20(18)23(16-10-5-3-6-11-16)17-12-7-4-8-13-17/h9,14-17H,3-8,10-13H2,1-2H3. The van der Waals surface area contributed by atoms with Gasteiger partial charge in [0.15, 0.2) is 0 Å². The first-order valence-electron chi connectivity index (χ1n) is 9.34. The molecule has 0 N–H and O–H groups in total. The first kappa shape index (κ1) is 17.1. The van der Waals surface area contributed by atoms with Crippen LogP contribution in [0.4, 0.5) is 0 Å². The quantitative estimate of drug-likeness (QED) is 0.664. The van der Waals surface area contributed by atoms with Gasteiger partial charge in [0.25, 0.3) is 0 Å². The molecular formula is C20H31O2P. The van der Waals surface area contributed by atoms with E-state index in [-0.39, 0.29) is 7.92 Å². The van der Waals surface area contributed by atoms with E-state index in [0.717, 1.165) is 22.8 Å². The van der Waals surface area contributed by atoms with Gasteiger partial charge in [0.05, 0.1) is 19.5 Å². The number of hydrogen-bond donors (Lipinski definition) is 0. The molecule has 2 nitrogen and oxygen atoms in total. The molecule has 1 aromatic carbocycles. The monoisotopic (exact) mass is 334 g/mol. The minimum Gasteiger partial charge on any atom is -0.496 e. The third kappa shape index (κ3) is 3.85. The molecule has 2 aliphatic carbocycles. The predicted octanol–water partition coefficient (Wildman–Crippen LogP) is 5.48. The van der Waals surface area contributed by atoms with Gasteiger partial charge in [-0.25, -0.2) is 0 Å². The maximum absolute atomic E-state index is 5.79. The van der Waals surface area contributed by atoms with E-state index >= 15 is 0 Å². The molecule has 1 aromatic rings. The van der Waals surface area contributed by atoms with Crippen LogP contribution >= 0.6 is 7.92 Å². The third-order valence-electron chi connectivity index (χ3n) is 5.60. The Balaban J connectivity index is 1.99. The normalized spacial score (nSPS) is 20.7. The van der Waals surface area contributed by atoms with Crippen LogP contribution in [-0.4, -0.2) is 25.5 Å². The summed E-state index contributed by atoms with van der Waals surface area (Å²) in [6.45, 7) is 0. The topological polar surface area (TPSA) is 18.5 Å². The van der Waals surface area contributed by atoms with Crippen LogP contribution in [0, 0.1) is 0 Å². The zero-order valence-corrected chi connectivity index (χ0v) is 15.6. The Morgan fingerprint density at radius 1 is 0.739 bits per heavy atom. The van der Waals surface area contributed by atoms with Crippen LogP contribution in [0.1, 0.15) is 64.2 Å². The molecule has 0 saturated heterocycles. The van der Waals surface area contributed by atoms with Crippen molar-refractivity contribution in [2.45, 2.75) is 75.5 Å². The molecule has 2 saturated carbocycles. The molecule has 23 heavy (non-hydrogen) atoms. The van der Waals surface area contributed by atoms with E-state index in [9.17, 15) is 0 Å². The molecule has 0 radical (unpaired) electrons. The van der Waals surface area contributed by atoms with E-state index in [1.165, 1.54) is 69.5 Å². The van der Waals surface area contributed by atoms with Gasteiger partial charge in [-0.05, 0) is 49.1 Å². The molecule has 3 heteroatoms. The van der Waals surface area contributed by atoms with Gasteiger partial charge in [-0.1, -0.05) is 52.5 Å². The van der Waals surface area contributed by atoms with Crippen molar-refractivity contribution in [2.75, 3.05) is 14.2 Å². The summed E-state index contributed by atoms with van der Waals surface area (Å²) in [5, 5.41) is 1.42. The van der Waals surface area contributed by atoms with Crippen molar-refractivity contribution in [3.63, 3.8) is 0 Å². The van der Waals surface area contributed by atoms with Crippen LogP contribution in [-0.2, 0) is 0 Å². The van der Waals surface area contributed by atoms with Gasteiger partial charge in [-0.15, -0.1) is 0 Å². The van der Waals surface area contributed by atoms with Crippen molar-refractivity contribution in [1.29, 1.82) is 0 Å². The summed E-state index contributed by atoms with van der Waals surface area (Å²) < 4.78 is 11.6. The molecule has 0 spiro atoms. The van der Waals surface area contributed by atoms with Crippen LogP contribution in [0.15, 0.2) is 18.2 Å². The average molecular weight is 334 g/mol. The molecule has 0 amide bonds. The minimum atomic E-state index is -0.195. The number of benzene rings is 1. The fourth-order valence-electron chi connectivity index (χ4n) is 4.47. The molecule has 3 rings (SSSR count). The molecule has 0 heterocycles. The fourth-order valence-corrected chi connectivity index (χ4v) is 8.48. The third-order valence-corrected chi connectivity index (χ3v) is 9.16. The van der Waals surface area contributed by atoms with E-state index in [0.29, 0.717) is 0 Å². The number of hydrogen-bond acceptors (Lipinski definition) is 2. The SMILES string of the molecule is COc1cccc(OC)c1P(C1CCCCC1)C1CCCCC1. The summed E-state index contributed by atoms with van der Waals surface area (Å²) in [6, 6.07) is 6.34. The highest BCUT2D eigenvalue weighted by Crippen LogP contribution is 2.57. The summed E-state index contributed by atoms with van der Waals surface area (Å²) in [5.74, 6) is 2.12. The maximum Gasteiger partial charge on any atom is 0.130 e. The van der Waals surface area contributed by atoms with Crippen LogP contribution < -0.4 is 14.8 Å². The molecule has 0 aliphatic heterocycles. The Bertz CT molecular complexity index is 450. The Kier molecular flexibility index (Phi) is 6.22. The summed E-state index contributed by atoms with van der Waals surface area (Å²) in [5.41, 5.74) is 1.74. The number of rotatable bonds is 5. The lowest BCUT2D eigenvalue weighted by molar-refractivity contribution is 0.400. The molecule has 0 aromatic heterocycles. The highest BCUT2D eigenvalue weighted by molar-refractivity contribution is 7.67. The van der Waals surface area contributed by atoms with Gasteiger partial charge in [-0.3, -0.25) is 0 Å². The van der Waals surface area contributed by atoms with Crippen LogP contribution in [0.3, 0.4) is 0 Å². The molecule has 0 unspecified atom stereocenters. The molecule has 128 valence electrons.